The monoisotopic (exact) mass is 279 g/mol. The van der Waals surface area contributed by atoms with Crippen LogP contribution in [-0.4, -0.2) is 9.97 Å². The normalized spacial score (nSPS) is 10.1. The van der Waals surface area contributed by atoms with Gasteiger partial charge in [-0.15, -0.1) is 0 Å². The van der Waals surface area contributed by atoms with Gasteiger partial charge in [0.05, 0.1) is 4.47 Å². The van der Waals surface area contributed by atoms with Crippen LogP contribution in [0.2, 0.25) is 0 Å². The summed E-state index contributed by atoms with van der Waals surface area (Å²) < 4.78 is 6.30. The summed E-state index contributed by atoms with van der Waals surface area (Å²) in [5.41, 5.74) is 7.44. The number of anilines is 1. The molecule has 0 fully saturated rings. The molecule has 0 unspecified atom stereocenters. The van der Waals surface area contributed by atoms with Gasteiger partial charge in [0.1, 0.15) is 12.1 Å². The van der Waals surface area contributed by atoms with Crippen LogP contribution in [0.4, 0.5) is 5.69 Å². The maximum Gasteiger partial charge on any atom is 0.236 e. The molecule has 0 radical (unpaired) electrons. The molecule has 1 heterocycles. The van der Waals surface area contributed by atoms with Crippen LogP contribution in [0.5, 0.6) is 11.6 Å². The maximum absolute atomic E-state index is 5.72. The second-order valence-electron chi connectivity index (χ2n) is 3.30. The first-order chi connectivity index (χ1) is 7.66. The van der Waals surface area contributed by atoms with Gasteiger partial charge in [0.25, 0.3) is 0 Å². The van der Waals surface area contributed by atoms with Gasteiger partial charge in [-0.1, -0.05) is 0 Å². The Morgan fingerprint density at radius 2 is 2.19 bits per heavy atom. The van der Waals surface area contributed by atoms with Crippen LogP contribution in [0.15, 0.2) is 35.2 Å². The molecular weight excluding hydrogens is 270 g/mol. The van der Waals surface area contributed by atoms with Crippen molar-refractivity contribution < 1.29 is 4.74 Å². The molecule has 0 saturated carbocycles. The molecule has 1 aromatic carbocycles. The molecule has 0 saturated heterocycles. The number of hydrogen-bond acceptors (Lipinski definition) is 4. The minimum atomic E-state index is 0.485. The second-order valence-corrected chi connectivity index (χ2v) is 4.15. The quantitative estimate of drug-likeness (QED) is 0.859. The Morgan fingerprint density at radius 3 is 2.88 bits per heavy atom. The molecule has 16 heavy (non-hydrogen) atoms. The van der Waals surface area contributed by atoms with Crippen LogP contribution in [0.3, 0.4) is 0 Å². The van der Waals surface area contributed by atoms with E-state index in [1.165, 1.54) is 6.33 Å². The number of aromatic nitrogens is 2. The van der Waals surface area contributed by atoms with Crippen LogP contribution in [0.25, 0.3) is 0 Å². The summed E-state index contributed by atoms with van der Waals surface area (Å²) in [6.45, 7) is 1.93. The molecule has 0 atom stereocenters. The number of hydrogen-bond donors (Lipinski definition) is 1. The fourth-order valence-corrected chi connectivity index (χ4v) is 1.50. The standard InChI is InChI=1S/C11H10BrN3O/c1-7-4-8(2-3-10(7)13)16-11-9(12)5-14-6-15-11/h2-6H,13H2,1H3. The summed E-state index contributed by atoms with van der Waals surface area (Å²) in [7, 11) is 0. The molecule has 0 aliphatic rings. The molecule has 0 amide bonds. The average Bonchev–Trinajstić information content (AvgIpc) is 2.27. The van der Waals surface area contributed by atoms with Crippen molar-refractivity contribution >= 4 is 21.6 Å². The van der Waals surface area contributed by atoms with Crippen LogP contribution in [0.1, 0.15) is 5.56 Å². The molecule has 0 spiro atoms. The molecule has 0 bridgehead atoms. The third kappa shape index (κ3) is 2.30. The number of aryl methyl sites for hydroxylation is 1. The Labute approximate surface area is 102 Å². The predicted molar refractivity (Wildman–Crippen MR) is 65.4 cm³/mol. The molecule has 4 nitrogen and oxygen atoms in total. The Bertz CT molecular complexity index is 516. The van der Waals surface area contributed by atoms with Gasteiger partial charge < -0.3 is 10.5 Å². The number of ether oxygens (including phenoxy) is 1. The molecule has 1 aromatic heterocycles. The number of nitrogens with two attached hydrogens (primary N) is 1. The van der Waals surface area contributed by atoms with Crippen molar-refractivity contribution in [3.8, 4) is 11.6 Å². The number of rotatable bonds is 2. The van der Waals surface area contributed by atoms with Gasteiger partial charge in [-0.25, -0.2) is 9.97 Å². The number of halogens is 1. The maximum atomic E-state index is 5.72. The third-order valence-corrected chi connectivity index (χ3v) is 2.63. The van der Waals surface area contributed by atoms with Gasteiger partial charge in [0.2, 0.25) is 5.88 Å². The largest absolute Gasteiger partial charge is 0.438 e. The first-order valence-corrected chi connectivity index (χ1v) is 5.45. The summed E-state index contributed by atoms with van der Waals surface area (Å²) in [6, 6.07) is 5.47. The van der Waals surface area contributed by atoms with E-state index in [9.17, 15) is 0 Å². The highest BCUT2D eigenvalue weighted by Crippen LogP contribution is 2.27. The van der Waals surface area contributed by atoms with E-state index in [-0.39, 0.29) is 0 Å². The first-order valence-electron chi connectivity index (χ1n) is 4.66. The van der Waals surface area contributed by atoms with Gasteiger partial charge in [0.15, 0.2) is 0 Å². The summed E-state index contributed by atoms with van der Waals surface area (Å²) >= 11 is 3.31. The summed E-state index contributed by atoms with van der Waals surface area (Å²) in [4.78, 5) is 7.87. The zero-order chi connectivity index (χ0) is 11.5. The lowest BCUT2D eigenvalue weighted by molar-refractivity contribution is 0.458. The lowest BCUT2D eigenvalue weighted by atomic mass is 10.2. The van der Waals surface area contributed by atoms with Crippen LogP contribution in [-0.2, 0) is 0 Å². The topological polar surface area (TPSA) is 61.0 Å². The Kier molecular flexibility index (Phi) is 3.05. The lowest BCUT2D eigenvalue weighted by Gasteiger charge is -2.07. The molecule has 5 heteroatoms. The van der Waals surface area contributed by atoms with Gasteiger partial charge in [-0.2, -0.15) is 0 Å². The smallest absolute Gasteiger partial charge is 0.236 e. The van der Waals surface area contributed by atoms with Crippen molar-refractivity contribution in [2.45, 2.75) is 6.92 Å². The lowest BCUT2D eigenvalue weighted by Crippen LogP contribution is -1.93. The Morgan fingerprint density at radius 1 is 1.38 bits per heavy atom. The minimum Gasteiger partial charge on any atom is -0.438 e. The molecular formula is C11H10BrN3O. The minimum absolute atomic E-state index is 0.485. The number of nitrogen functional groups attached to an aromatic ring is 1. The second kappa shape index (κ2) is 4.49. The van der Waals surface area contributed by atoms with E-state index in [4.69, 9.17) is 10.5 Å². The van der Waals surface area contributed by atoms with E-state index in [1.54, 1.807) is 18.3 Å². The fraction of sp³-hybridized carbons (Fsp3) is 0.0909. The molecule has 0 aliphatic carbocycles. The molecule has 0 aliphatic heterocycles. The molecule has 82 valence electrons. The van der Waals surface area contributed by atoms with Crippen LogP contribution >= 0.6 is 15.9 Å². The SMILES string of the molecule is Cc1cc(Oc2ncncc2Br)ccc1N. The average molecular weight is 280 g/mol. The zero-order valence-corrected chi connectivity index (χ0v) is 10.2. The van der Waals surface area contributed by atoms with E-state index < -0.39 is 0 Å². The highest BCUT2D eigenvalue weighted by Gasteiger charge is 2.04. The number of benzene rings is 1. The van der Waals surface area contributed by atoms with Crippen molar-refractivity contribution in [3.05, 3.63) is 40.8 Å². The highest BCUT2D eigenvalue weighted by molar-refractivity contribution is 9.10. The summed E-state index contributed by atoms with van der Waals surface area (Å²) in [6.07, 6.45) is 3.07. The number of nitrogens with zero attached hydrogens (tertiary/aromatic N) is 2. The van der Waals surface area contributed by atoms with Crippen LogP contribution < -0.4 is 10.5 Å². The molecule has 2 N–H and O–H groups in total. The van der Waals surface area contributed by atoms with E-state index in [1.807, 2.05) is 13.0 Å². The van der Waals surface area contributed by atoms with E-state index >= 15 is 0 Å². The Hall–Kier alpha value is -1.62. The third-order valence-electron chi connectivity index (χ3n) is 2.09. The van der Waals surface area contributed by atoms with Crippen molar-refractivity contribution in [2.24, 2.45) is 0 Å². The van der Waals surface area contributed by atoms with Gasteiger partial charge in [-0.05, 0) is 46.6 Å². The van der Waals surface area contributed by atoms with E-state index in [0.717, 1.165) is 11.3 Å². The van der Waals surface area contributed by atoms with Gasteiger partial charge in [-0.3, -0.25) is 0 Å². The van der Waals surface area contributed by atoms with Crippen molar-refractivity contribution in [2.75, 3.05) is 5.73 Å². The van der Waals surface area contributed by atoms with E-state index in [2.05, 4.69) is 25.9 Å². The van der Waals surface area contributed by atoms with Gasteiger partial charge in [0, 0.05) is 11.9 Å². The van der Waals surface area contributed by atoms with Gasteiger partial charge >= 0.3 is 0 Å². The van der Waals surface area contributed by atoms with E-state index in [0.29, 0.717) is 16.1 Å². The molecule has 2 rings (SSSR count). The van der Waals surface area contributed by atoms with Crippen molar-refractivity contribution in [1.82, 2.24) is 9.97 Å². The summed E-state index contributed by atoms with van der Waals surface area (Å²) in [5, 5.41) is 0. The highest BCUT2D eigenvalue weighted by atomic mass is 79.9. The Balaban J connectivity index is 2.28. The van der Waals surface area contributed by atoms with Crippen LogP contribution in [0, 0.1) is 6.92 Å². The molecule has 2 aromatic rings. The fourth-order valence-electron chi connectivity index (χ4n) is 1.20. The zero-order valence-electron chi connectivity index (χ0n) is 8.64. The van der Waals surface area contributed by atoms with Crippen molar-refractivity contribution in [1.29, 1.82) is 0 Å². The summed E-state index contributed by atoms with van der Waals surface area (Å²) in [5.74, 6) is 1.19. The van der Waals surface area contributed by atoms with Crippen molar-refractivity contribution in [3.63, 3.8) is 0 Å². The predicted octanol–water partition coefficient (Wildman–Crippen LogP) is 2.92. The first kappa shape index (κ1) is 10.9.